The maximum atomic E-state index is 11.9. The molecular weight excluding hydrogens is 260 g/mol. The van der Waals surface area contributed by atoms with Gasteiger partial charge in [-0.1, -0.05) is 0 Å². The van der Waals surface area contributed by atoms with Crippen LogP contribution >= 0.6 is 0 Å². The Labute approximate surface area is 115 Å². The summed E-state index contributed by atoms with van der Waals surface area (Å²) >= 11 is 0. The molecule has 7 nitrogen and oxygen atoms in total. The van der Waals surface area contributed by atoms with Crippen molar-refractivity contribution in [2.24, 2.45) is 0 Å². The Morgan fingerprint density at radius 3 is 2.80 bits per heavy atom. The minimum atomic E-state index is -0.468. The summed E-state index contributed by atoms with van der Waals surface area (Å²) in [5, 5.41) is 2.54. The Kier molecular flexibility index (Phi) is 4.33. The highest BCUT2D eigenvalue weighted by molar-refractivity contribution is 6.02. The Hall–Kier alpha value is -2.83. The lowest BCUT2D eigenvalue weighted by Gasteiger charge is -2.05. The van der Waals surface area contributed by atoms with E-state index >= 15 is 0 Å². The van der Waals surface area contributed by atoms with E-state index in [1.54, 1.807) is 6.92 Å². The third-order valence-corrected chi connectivity index (χ3v) is 2.31. The Balaban J connectivity index is 2.12. The molecule has 0 radical (unpaired) electrons. The van der Waals surface area contributed by atoms with Gasteiger partial charge < -0.3 is 10.1 Å². The van der Waals surface area contributed by atoms with Gasteiger partial charge in [0.15, 0.2) is 0 Å². The third kappa shape index (κ3) is 3.35. The number of ether oxygens (including phenoxy) is 1. The van der Waals surface area contributed by atoms with Crippen LogP contribution in [-0.4, -0.2) is 33.4 Å². The molecule has 1 amide bonds. The van der Waals surface area contributed by atoms with Crippen LogP contribution in [0.15, 0.2) is 36.9 Å². The number of aromatic nitrogens is 3. The van der Waals surface area contributed by atoms with Gasteiger partial charge in [0.25, 0.3) is 5.91 Å². The van der Waals surface area contributed by atoms with Crippen LogP contribution in [0.3, 0.4) is 0 Å². The average molecular weight is 272 g/mol. The normalized spacial score (nSPS) is 9.85. The Morgan fingerprint density at radius 2 is 2.10 bits per heavy atom. The van der Waals surface area contributed by atoms with Crippen LogP contribution in [-0.2, 0) is 4.74 Å². The third-order valence-electron chi connectivity index (χ3n) is 2.31. The first-order chi connectivity index (χ1) is 9.70. The van der Waals surface area contributed by atoms with E-state index < -0.39 is 11.9 Å². The molecule has 0 fully saturated rings. The summed E-state index contributed by atoms with van der Waals surface area (Å²) in [4.78, 5) is 35.0. The summed E-state index contributed by atoms with van der Waals surface area (Å²) in [5.74, 6) is -0.678. The van der Waals surface area contributed by atoms with Crippen molar-refractivity contribution in [3.63, 3.8) is 0 Å². The zero-order valence-electron chi connectivity index (χ0n) is 10.7. The minimum absolute atomic E-state index is 0.163. The fourth-order valence-electron chi connectivity index (χ4n) is 1.44. The number of amides is 1. The maximum Gasteiger partial charge on any atom is 0.338 e. The maximum absolute atomic E-state index is 11.9. The summed E-state index contributed by atoms with van der Waals surface area (Å²) in [6.45, 7) is 2.00. The van der Waals surface area contributed by atoms with Gasteiger partial charge in [0.1, 0.15) is 11.5 Å². The molecule has 7 heteroatoms. The molecule has 2 aromatic rings. The molecular formula is C13H12N4O3. The van der Waals surface area contributed by atoms with Crippen LogP contribution in [0.4, 0.5) is 5.82 Å². The topological polar surface area (TPSA) is 94.1 Å². The van der Waals surface area contributed by atoms with E-state index in [4.69, 9.17) is 4.74 Å². The van der Waals surface area contributed by atoms with Crippen molar-refractivity contribution < 1.29 is 14.3 Å². The van der Waals surface area contributed by atoms with Gasteiger partial charge in [0.05, 0.1) is 18.4 Å². The Bertz CT molecular complexity index is 616. The first-order valence-corrected chi connectivity index (χ1v) is 5.91. The lowest BCUT2D eigenvalue weighted by molar-refractivity contribution is 0.0526. The monoisotopic (exact) mass is 272 g/mol. The molecule has 1 N–H and O–H groups in total. The van der Waals surface area contributed by atoms with Gasteiger partial charge in [0, 0.05) is 18.6 Å². The molecule has 2 heterocycles. The number of esters is 1. The fourth-order valence-corrected chi connectivity index (χ4v) is 1.44. The van der Waals surface area contributed by atoms with Gasteiger partial charge in [-0.15, -0.1) is 0 Å². The molecule has 0 aliphatic carbocycles. The molecule has 20 heavy (non-hydrogen) atoms. The van der Waals surface area contributed by atoms with Gasteiger partial charge in [-0.25, -0.2) is 14.8 Å². The number of nitrogens with one attached hydrogen (secondary N) is 1. The quantitative estimate of drug-likeness (QED) is 0.843. The van der Waals surface area contributed by atoms with E-state index in [0.717, 1.165) is 0 Å². The lowest BCUT2D eigenvalue weighted by Crippen LogP contribution is -2.15. The lowest BCUT2D eigenvalue weighted by atomic mass is 10.2. The van der Waals surface area contributed by atoms with Gasteiger partial charge >= 0.3 is 5.97 Å². The first-order valence-electron chi connectivity index (χ1n) is 5.91. The second kappa shape index (κ2) is 6.37. The van der Waals surface area contributed by atoms with E-state index in [2.05, 4.69) is 20.3 Å². The van der Waals surface area contributed by atoms with Crippen LogP contribution in [0.25, 0.3) is 0 Å². The molecule has 0 spiro atoms. The minimum Gasteiger partial charge on any atom is -0.462 e. The molecule has 102 valence electrons. The van der Waals surface area contributed by atoms with E-state index in [1.807, 2.05) is 0 Å². The van der Waals surface area contributed by atoms with Gasteiger partial charge in [-0.2, -0.15) is 0 Å². The number of carbonyl (C=O) groups excluding carboxylic acids is 2. The van der Waals surface area contributed by atoms with Gasteiger partial charge in [0.2, 0.25) is 0 Å². The standard InChI is InChI=1S/C13H12N4O3/c1-2-20-13(19)9-3-4-16-11(7-9)17-12(18)10-8-14-5-6-15-10/h3-8H,2H2,1H3,(H,16,17,18). The summed E-state index contributed by atoms with van der Waals surface area (Å²) in [5.41, 5.74) is 0.479. The van der Waals surface area contributed by atoms with Crippen LogP contribution in [0.2, 0.25) is 0 Å². The molecule has 0 aliphatic rings. The van der Waals surface area contributed by atoms with Crippen molar-refractivity contribution in [1.29, 1.82) is 0 Å². The highest BCUT2D eigenvalue weighted by Gasteiger charge is 2.11. The number of carbonyl (C=O) groups is 2. The number of nitrogens with zero attached hydrogens (tertiary/aromatic N) is 3. The molecule has 0 aromatic carbocycles. The summed E-state index contributed by atoms with van der Waals surface area (Å²) in [6, 6.07) is 2.95. The molecule has 0 atom stereocenters. The number of hydrogen-bond donors (Lipinski definition) is 1. The van der Waals surface area contributed by atoms with Crippen molar-refractivity contribution in [2.45, 2.75) is 6.92 Å². The van der Waals surface area contributed by atoms with Crippen LogP contribution < -0.4 is 5.32 Å². The van der Waals surface area contributed by atoms with Crippen molar-refractivity contribution in [3.05, 3.63) is 48.2 Å². The summed E-state index contributed by atoms with van der Waals surface area (Å²) in [6.07, 6.45) is 5.64. The zero-order chi connectivity index (χ0) is 14.4. The molecule has 0 aliphatic heterocycles. The second-order valence-electron chi connectivity index (χ2n) is 3.70. The second-order valence-corrected chi connectivity index (χ2v) is 3.70. The van der Waals surface area contributed by atoms with Crippen molar-refractivity contribution >= 4 is 17.7 Å². The number of anilines is 1. The van der Waals surface area contributed by atoms with Crippen LogP contribution in [0, 0.1) is 0 Å². The molecule has 0 bridgehead atoms. The zero-order valence-corrected chi connectivity index (χ0v) is 10.7. The van der Waals surface area contributed by atoms with E-state index in [-0.39, 0.29) is 18.1 Å². The summed E-state index contributed by atoms with van der Waals surface area (Å²) < 4.78 is 4.87. The molecule has 2 aromatic heterocycles. The SMILES string of the molecule is CCOC(=O)c1ccnc(NC(=O)c2cnccn2)c1. The molecule has 2 rings (SSSR count). The Morgan fingerprint density at radius 1 is 1.25 bits per heavy atom. The summed E-state index contributed by atoms with van der Waals surface area (Å²) in [7, 11) is 0. The van der Waals surface area contributed by atoms with Crippen molar-refractivity contribution in [2.75, 3.05) is 11.9 Å². The number of rotatable bonds is 4. The highest BCUT2D eigenvalue weighted by Crippen LogP contribution is 2.09. The first kappa shape index (κ1) is 13.6. The van der Waals surface area contributed by atoms with E-state index in [1.165, 1.54) is 36.9 Å². The predicted octanol–water partition coefficient (Wildman–Crippen LogP) is 1.30. The van der Waals surface area contributed by atoms with Crippen LogP contribution in [0.5, 0.6) is 0 Å². The van der Waals surface area contributed by atoms with Gasteiger partial charge in [-0.05, 0) is 19.1 Å². The number of pyridine rings is 1. The van der Waals surface area contributed by atoms with E-state index in [9.17, 15) is 9.59 Å². The fraction of sp³-hybridized carbons (Fsp3) is 0.154. The van der Waals surface area contributed by atoms with Crippen LogP contribution in [0.1, 0.15) is 27.8 Å². The largest absolute Gasteiger partial charge is 0.462 e. The van der Waals surface area contributed by atoms with Crippen molar-refractivity contribution in [1.82, 2.24) is 15.0 Å². The smallest absolute Gasteiger partial charge is 0.338 e. The molecule has 0 saturated heterocycles. The predicted molar refractivity (Wildman–Crippen MR) is 70.2 cm³/mol. The number of hydrogen-bond acceptors (Lipinski definition) is 6. The van der Waals surface area contributed by atoms with Crippen molar-refractivity contribution in [3.8, 4) is 0 Å². The highest BCUT2D eigenvalue weighted by atomic mass is 16.5. The van der Waals surface area contributed by atoms with Gasteiger partial charge in [-0.3, -0.25) is 9.78 Å². The molecule has 0 saturated carbocycles. The van der Waals surface area contributed by atoms with E-state index in [0.29, 0.717) is 5.56 Å². The molecule has 0 unspecified atom stereocenters. The average Bonchev–Trinajstić information content (AvgIpc) is 2.48.